The molecule has 0 amide bonds. The first kappa shape index (κ1) is 24.8. The van der Waals surface area contributed by atoms with E-state index in [-0.39, 0.29) is 16.8 Å². The van der Waals surface area contributed by atoms with Crippen molar-refractivity contribution in [3.05, 3.63) is 82.6 Å². The van der Waals surface area contributed by atoms with Crippen LogP contribution in [0.2, 0.25) is 0 Å². The number of piperidine rings is 1. The number of benzene rings is 2. The van der Waals surface area contributed by atoms with Gasteiger partial charge in [-0.3, -0.25) is 0 Å². The number of thiazole rings is 1. The number of imidazole rings is 1. The van der Waals surface area contributed by atoms with E-state index in [2.05, 4.69) is 54.3 Å². The molecule has 38 heavy (non-hydrogen) atoms. The van der Waals surface area contributed by atoms with Crippen LogP contribution in [0.1, 0.15) is 44.0 Å². The van der Waals surface area contributed by atoms with Gasteiger partial charge in [-0.2, -0.15) is 5.10 Å². The summed E-state index contributed by atoms with van der Waals surface area (Å²) in [6, 6.07) is 11.1. The van der Waals surface area contributed by atoms with E-state index in [9.17, 15) is 4.39 Å². The highest BCUT2D eigenvalue weighted by atomic mass is 32.1. The number of halogens is 1. The van der Waals surface area contributed by atoms with Gasteiger partial charge in [-0.05, 0) is 54.2 Å². The lowest BCUT2D eigenvalue weighted by molar-refractivity contribution is 0.106. The fourth-order valence-electron chi connectivity index (χ4n) is 5.60. The molecule has 1 unspecified atom stereocenters. The molecule has 1 fully saturated rings. The summed E-state index contributed by atoms with van der Waals surface area (Å²) < 4.78 is 22.1. The molecule has 196 valence electrons. The number of hydrogen-bond donors (Lipinski definition) is 1. The van der Waals surface area contributed by atoms with Crippen LogP contribution in [0, 0.1) is 11.2 Å². The summed E-state index contributed by atoms with van der Waals surface area (Å²) in [6.07, 6.45) is 6.94. The summed E-state index contributed by atoms with van der Waals surface area (Å²) in [6.45, 7) is 8.77. The van der Waals surface area contributed by atoms with Gasteiger partial charge >= 0.3 is 0 Å². The Bertz CT molecular complexity index is 1550. The van der Waals surface area contributed by atoms with E-state index in [4.69, 9.17) is 14.8 Å². The normalized spacial score (nSPS) is 21.9. The van der Waals surface area contributed by atoms with Crippen LogP contribution >= 0.6 is 11.3 Å². The molecule has 0 bridgehead atoms. The van der Waals surface area contributed by atoms with Gasteiger partial charge in [-0.15, -0.1) is 11.3 Å². The van der Waals surface area contributed by atoms with E-state index in [0.29, 0.717) is 13.2 Å². The predicted molar refractivity (Wildman–Crippen MR) is 150 cm³/mol. The van der Waals surface area contributed by atoms with Crippen molar-refractivity contribution in [3.63, 3.8) is 0 Å². The van der Waals surface area contributed by atoms with Crippen molar-refractivity contribution >= 4 is 33.5 Å². The van der Waals surface area contributed by atoms with Gasteiger partial charge in [0.05, 0.1) is 52.1 Å². The van der Waals surface area contributed by atoms with E-state index < -0.39 is 0 Å². The van der Waals surface area contributed by atoms with Gasteiger partial charge in [0.1, 0.15) is 5.82 Å². The average molecular weight is 531 g/mol. The summed E-state index contributed by atoms with van der Waals surface area (Å²) in [7, 11) is 1.67. The van der Waals surface area contributed by atoms with Crippen molar-refractivity contribution < 1.29 is 9.13 Å². The fraction of sp³-hybridized carbons (Fsp3) is 0.345. The van der Waals surface area contributed by atoms with Crippen LogP contribution in [0.5, 0.6) is 0 Å². The quantitative estimate of drug-likeness (QED) is 0.358. The van der Waals surface area contributed by atoms with Gasteiger partial charge in [0.25, 0.3) is 0 Å². The van der Waals surface area contributed by atoms with Crippen LogP contribution in [0.3, 0.4) is 0 Å². The van der Waals surface area contributed by atoms with Crippen molar-refractivity contribution in [3.8, 4) is 5.69 Å². The summed E-state index contributed by atoms with van der Waals surface area (Å²) in [5.41, 5.74) is 11.0. The third-order valence-corrected chi connectivity index (χ3v) is 8.35. The Labute approximate surface area is 225 Å². The fourth-order valence-corrected chi connectivity index (χ4v) is 6.44. The van der Waals surface area contributed by atoms with E-state index in [1.54, 1.807) is 18.4 Å². The SMILES string of the molecule is COCc1cn(-c2ccc(/C=C3\CC(C)(C)CN4C3=NNCC4(C)c3ccc(F)cc3)c3ncsc23)cn1. The zero-order valence-electron chi connectivity index (χ0n) is 22.0. The lowest BCUT2D eigenvalue weighted by atomic mass is 9.76. The summed E-state index contributed by atoms with van der Waals surface area (Å²) in [5.74, 6) is 0.713. The molecule has 1 atom stereocenters. The number of amidine groups is 1. The maximum Gasteiger partial charge on any atom is 0.152 e. The van der Waals surface area contributed by atoms with Crippen LogP contribution in [-0.4, -0.2) is 45.5 Å². The maximum atomic E-state index is 13.7. The molecule has 0 radical (unpaired) electrons. The molecule has 4 aromatic rings. The second-order valence-corrected chi connectivity index (χ2v) is 11.9. The van der Waals surface area contributed by atoms with Crippen LogP contribution in [0.15, 0.2) is 65.1 Å². The standard InChI is InChI=1S/C29H31FN6OS/c1-28(2)12-20(27-34-33-15-29(3,36(27)16-28)21-6-8-22(30)9-7-21)11-19-5-10-24(26-25(19)32-18-38-26)35-13-23(14-37-4)31-17-35/h5-11,13,17-18,33H,12,14-16H2,1-4H3/b20-11+. The van der Waals surface area contributed by atoms with Crippen molar-refractivity contribution in [1.82, 2.24) is 24.9 Å². The number of rotatable bonds is 5. The summed E-state index contributed by atoms with van der Waals surface area (Å²) in [5, 5.41) is 4.79. The van der Waals surface area contributed by atoms with Crippen LogP contribution in [0.4, 0.5) is 4.39 Å². The van der Waals surface area contributed by atoms with Gasteiger partial charge in [-0.1, -0.05) is 32.0 Å². The summed E-state index contributed by atoms with van der Waals surface area (Å²) >= 11 is 1.62. The van der Waals surface area contributed by atoms with Crippen LogP contribution < -0.4 is 5.43 Å². The largest absolute Gasteiger partial charge is 0.378 e. The van der Waals surface area contributed by atoms with Gasteiger partial charge in [0.15, 0.2) is 5.84 Å². The highest BCUT2D eigenvalue weighted by Gasteiger charge is 2.45. The molecule has 7 nitrogen and oxygen atoms in total. The minimum Gasteiger partial charge on any atom is -0.378 e. The number of nitrogens with one attached hydrogen (secondary N) is 1. The lowest BCUT2D eigenvalue weighted by Gasteiger charge is -2.52. The first-order chi connectivity index (χ1) is 18.3. The Morgan fingerprint density at radius 3 is 2.74 bits per heavy atom. The minimum absolute atomic E-state index is 0.0270. The van der Waals surface area contributed by atoms with Crippen molar-refractivity contribution in [2.45, 2.75) is 39.3 Å². The lowest BCUT2D eigenvalue weighted by Crippen LogP contribution is -2.61. The molecule has 2 aliphatic heterocycles. The Morgan fingerprint density at radius 1 is 1.13 bits per heavy atom. The Hall–Kier alpha value is -3.56. The van der Waals surface area contributed by atoms with Crippen molar-refractivity contribution in [1.29, 1.82) is 0 Å². The Kier molecular flexibility index (Phi) is 6.07. The van der Waals surface area contributed by atoms with Crippen molar-refractivity contribution in [2.24, 2.45) is 10.5 Å². The number of fused-ring (bicyclic) bond motifs is 2. The number of hydrazone groups is 1. The summed E-state index contributed by atoms with van der Waals surface area (Å²) in [4.78, 5) is 11.6. The van der Waals surface area contributed by atoms with Gasteiger partial charge in [-0.25, -0.2) is 14.4 Å². The van der Waals surface area contributed by atoms with E-state index in [0.717, 1.165) is 57.1 Å². The third-order valence-electron chi connectivity index (χ3n) is 7.50. The van der Waals surface area contributed by atoms with Crippen LogP contribution in [-0.2, 0) is 16.9 Å². The maximum absolute atomic E-state index is 13.7. The van der Waals surface area contributed by atoms with E-state index >= 15 is 0 Å². The number of ether oxygens (including phenoxy) is 1. The molecule has 2 aromatic carbocycles. The minimum atomic E-state index is -0.358. The highest BCUT2D eigenvalue weighted by Crippen LogP contribution is 2.42. The second-order valence-electron chi connectivity index (χ2n) is 11.1. The topological polar surface area (TPSA) is 67.6 Å². The number of hydrogen-bond acceptors (Lipinski definition) is 7. The second kappa shape index (κ2) is 9.32. The monoisotopic (exact) mass is 530 g/mol. The molecule has 9 heteroatoms. The first-order valence-corrected chi connectivity index (χ1v) is 13.6. The molecule has 0 spiro atoms. The smallest absolute Gasteiger partial charge is 0.152 e. The van der Waals surface area contributed by atoms with E-state index in [1.165, 1.54) is 12.1 Å². The molecule has 1 N–H and O–H groups in total. The average Bonchev–Trinajstić information content (AvgIpc) is 3.56. The molecule has 2 aromatic heterocycles. The number of nitrogens with zero attached hydrogens (tertiary/aromatic N) is 5. The van der Waals surface area contributed by atoms with Crippen LogP contribution in [0.25, 0.3) is 22.0 Å². The third kappa shape index (κ3) is 4.29. The van der Waals surface area contributed by atoms with Gasteiger partial charge in [0, 0.05) is 25.4 Å². The number of aromatic nitrogens is 3. The Morgan fingerprint density at radius 2 is 1.95 bits per heavy atom. The molecule has 0 saturated carbocycles. The molecular weight excluding hydrogens is 499 g/mol. The first-order valence-electron chi connectivity index (χ1n) is 12.7. The van der Waals surface area contributed by atoms with Gasteiger partial charge < -0.3 is 19.6 Å². The van der Waals surface area contributed by atoms with Gasteiger partial charge in [0.2, 0.25) is 0 Å². The van der Waals surface area contributed by atoms with Crippen molar-refractivity contribution in [2.75, 3.05) is 20.2 Å². The van der Waals surface area contributed by atoms with E-state index in [1.807, 2.05) is 34.7 Å². The zero-order chi connectivity index (χ0) is 26.5. The highest BCUT2D eigenvalue weighted by molar-refractivity contribution is 7.17. The molecule has 6 rings (SSSR count). The molecule has 4 heterocycles. The molecule has 2 aliphatic rings. The molecule has 1 saturated heterocycles. The predicted octanol–water partition coefficient (Wildman–Crippen LogP) is 5.71. The Balaban J connectivity index is 1.41. The zero-order valence-corrected chi connectivity index (χ0v) is 22.8. The molecular formula is C29H31FN6OS. The number of methoxy groups -OCH3 is 1. The molecule has 0 aliphatic carbocycles.